The number of nitrogens with zero attached hydrogens (tertiary/aromatic N) is 1. The quantitative estimate of drug-likeness (QED) is 0.854. The van der Waals surface area contributed by atoms with Crippen LogP contribution in [0.5, 0.6) is 0 Å². The maximum Gasteiger partial charge on any atom is 0.268 e. The molecule has 6 heteroatoms. The predicted octanol–water partition coefficient (Wildman–Crippen LogP) is 3.09. The molecule has 0 bridgehead atoms. The molecule has 0 aliphatic carbocycles. The second-order valence-corrected chi connectivity index (χ2v) is 5.48. The highest BCUT2D eigenvalue weighted by Crippen LogP contribution is 2.27. The first-order chi connectivity index (χ1) is 10.1. The lowest BCUT2D eigenvalue weighted by molar-refractivity contribution is 0.103. The van der Waals surface area contributed by atoms with Gasteiger partial charge in [-0.05, 0) is 30.0 Å². The molecule has 2 aromatic rings. The number of aliphatic hydroxyl groups is 1. The van der Waals surface area contributed by atoms with Crippen LogP contribution in [0.4, 0.5) is 5.82 Å². The van der Waals surface area contributed by atoms with Crippen LogP contribution in [0, 0.1) is 18.8 Å². The fourth-order valence-corrected chi connectivity index (χ4v) is 2.73. The number of hydrogen-bond donors (Lipinski definition) is 2. The van der Waals surface area contributed by atoms with Crippen LogP contribution < -0.4 is 5.32 Å². The van der Waals surface area contributed by atoms with Crippen molar-refractivity contribution in [3.8, 4) is 11.8 Å². The Balaban J connectivity index is 2.13. The topological polar surface area (TPSA) is 62.2 Å². The lowest BCUT2D eigenvalue weighted by Gasteiger charge is -2.03. The first kappa shape index (κ1) is 15.5. The van der Waals surface area contributed by atoms with Gasteiger partial charge in [0.05, 0.1) is 11.6 Å². The summed E-state index contributed by atoms with van der Waals surface area (Å²) in [6.07, 6.45) is 1.98. The fraction of sp³-hybridized carbons (Fsp3) is 0.200. The summed E-state index contributed by atoms with van der Waals surface area (Å²) in [5, 5.41) is 13.7. The van der Waals surface area contributed by atoms with Gasteiger partial charge in [-0.25, -0.2) is 4.98 Å². The molecule has 2 N–H and O–H groups in total. The third-order valence-electron chi connectivity index (χ3n) is 2.58. The van der Waals surface area contributed by atoms with E-state index in [0.717, 1.165) is 11.1 Å². The van der Waals surface area contributed by atoms with Crippen molar-refractivity contribution in [2.75, 3.05) is 11.9 Å². The number of aliphatic hydroxyl groups excluding tert-OH is 1. The van der Waals surface area contributed by atoms with E-state index in [0.29, 0.717) is 22.1 Å². The summed E-state index contributed by atoms with van der Waals surface area (Å²) in [5.41, 5.74) is 1.60. The normalized spacial score (nSPS) is 9.86. The minimum atomic E-state index is -0.286. The molecule has 0 atom stereocenters. The minimum absolute atomic E-state index is 0.0257. The van der Waals surface area contributed by atoms with E-state index >= 15 is 0 Å². The maximum absolute atomic E-state index is 12.1. The van der Waals surface area contributed by atoms with Gasteiger partial charge >= 0.3 is 0 Å². The molecule has 2 rings (SSSR count). The number of aromatic nitrogens is 1. The predicted molar refractivity (Wildman–Crippen MR) is 84.8 cm³/mol. The van der Waals surface area contributed by atoms with Crippen molar-refractivity contribution in [2.24, 2.45) is 0 Å². The third kappa shape index (κ3) is 4.05. The monoisotopic (exact) mass is 320 g/mol. The standard InChI is InChI=1S/C15H13ClN2O2S/c1-10-9-21-14(13(10)16)15(20)18-12-8-11(5-6-17-12)4-2-3-7-19/h5-6,8-9,19H,3,7H2,1H3,(H,17,18,20). The Morgan fingerprint density at radius 3 is 3.05 bits per heavy atom. The number of thiophene rings is 1. The van der Waals surface area contributed by atoms with Crippen LogP contribution in [-0.4, -0.2) is 22.6 Å². The molecular weight excluding hydrogens is 308 g/mol. The molecule has 4 nitrogen and oxygen atoms in total. The molecule has 21 heavy (non-hydrogen) atoms. The number of carbonyl (C=O) groups excluding carboxylic acids is 1. The molecule has 0 fully saturated rings. The van der Waals surface area contributed by atoms with Gasteiger partial charge in [0, 0.05) is 18.2 Å². The largest absolute Gasteiger partial charge is 0.395 e. The van der Waals surface area contributed by atoms with E-state index in [-0.39, 0.29) is 12.5 Å². The molecule has 2 heterocycles. The molecule has 2 aromatic heterocycles. The smallest absolute Gasteiger partial charge is 0.268 e. The number of halogens is 1. The lowest BCUT2D eigenvalue weighted by Crippen LogP contribution is -2.12. The second kappa shape index (κ2) is 7.23. The van der Waals surface area contributed by atoms with Crippen molar-refractivity contribution in [2.45, 2.75) is 13.3 Å². The minimum Gasteiger partial charge on any atom is -0.395 e. The molecule has 108 valence electrons. The Morgan fingerprint density at radius 2 is 2.38 bits per heavy atom. The molecule has 0 aliphatic rings. The number of amides is 1. The summed E-state index contributed by atoms with van der Waals surface area (Å²) in [6.45, 7) is 1.88. The average Bonchev–Trinajstić information content (AvgIpc) is 2.80. The highest BCUT2D eigenvalue weighted by Gasteiger charge is 2.15. The van der Waals surface area contributed by atoms with Gasteiger partial charge in [-0.1, -0.05) is 23.4 Å². The molecule has 0 saturated carbocycles. The van der Waals surface area contributed by atoms with Crippen molar-refractivity contribution in [3.63, 3.8) is 0 Å². The van der Waals surface area contributed by atoms with Crippen molar-refractivity contribution in [3.05, 3.63) is 44.7 Å². The Labute approximate surface area is 131 Å². The van der Waals surface area contributed by atoms with Crippen LogP contribution in [0.25, 0.3) is 0 Å². The van der Waals surface area contributed by atoms with Crippen LogP contribution in [0.3, 0.4) is 0 Å². The number of carbonyl (C=O) groups is 1. The summed E-state index contributed by atoms with van der Waals surface area (Å²) in [6, 6.07) is 3.42. The second-order valence-electron chi connectivity index (χ2n) is 4.22. The Bertz CT molecular complexity index is 716. The Kier molecular flexibility index (Phi) is 5.34. The van der Waals surface area contributed by atoms with E-state index in [2.05, 4.69) is 22.1 Å². The summed E-state index contributed by atoms with van der Waals surface area (Å²) in [7, 11) is 0. The summed E-state index contributed by atoms with van der Waals surface area (Å²) in [4.78, 5) is 16.7. The van der Waals surface area contributed by atoms with Gasteiger partial charge in [-0.15, -0.1) is 11.3 Å². The fourth-order valence-electron chi connectivity index (χ4n) is 1.55. The molecule has 0 aromatic carbocycles. The van der Waals surface area contributed by atoms with Gasteiger partial charge in [-0.2, -0.15) is 0 Å². The highest BCUT2D eigenvalue weighted by atomic mass is 35.5. The number of hydrogen-bond acceptors (Lipinski definition) is 4. The Hall–Kier alpha value is -1.87. The SMILES string of the molecule is Cc1csc(C(=O)Nc2cc(C#CCCO)ccn2)c1Cl. The zero-order chi connectivity index (χ0) is 15.2. The number of aryl methyl sites for hydroxylation is 1. The number of rotatable bonds is 3. The number of nitrogens with one attached hydrogen (secondary N) is 1. The van der Waals surface area contributed by atoms with Crippen LogP contribution in [0.1, 0.15) is 27.2 Å². The van der Waals surface area contributed by atoms with Crippen LogP contribution in [0.2, 0.25) is 5.02 Å². The maximum atomic E-state index is 12.1. The zero-order valence-corrected chi connectivity index (χ0v) is 12.9. The van der Waals surface area contributed by atoms with E-state index in [9.17, 15) is 4.79 Å². The zero-order valence-electron chi connectivity index (χ0n) is 11.3. The number of anilines is 1. The van der Waals surface area contributed by atoms with E-state index < -0.39 is 0 Å². The van der Waals surface area contributed by atoms with Crippen molar-refractivity contribution in [1.82, 2.24) is 4.98 Å². The third-order valence-corrected chi connectivity index (χ3v) is 4.27. The van der Waals surface area contributed by atoms with Crippen molar-refractivity contribution < 1.29 is 9.90 Å². The van der Waals surface area contributed by atoms with Crippen molar-refractivity contribution in [1.29, 1.82) is 0 Å². The summed E-state index contributed by atoms with van der Waals surface area (Å²) in [5.74, 6) is 5.83. The van der Waals surface area contributed by atoms with Crippen LogP contribution >= 0.6 is 22.9 Å². The first-order valence-electron chi connectivity index (χ1n) is 6.22. The summed E-state index contributed by atoms with van der Waals surface area (Å²) >= 11 is 7.37. The van der Waals surface area contributed by atoms with E-state index in [1.165, 1.54) is 11.3 Å². The lowest BCUT2D eigenvalue weighted by atomic mass is 10.2. The van der Waals surface area contributed by atoms with Gasteiger partial charge in [-0.3, -0.25) is 4.79 Å². The van der Waals surface area contributed by atoms with Crippen LogP contribution in [-0.2, 0) is 0 Å². The number of pyridine rings is 1. The Morgan fingerprint density at radius 1 is 1.57 bits per heavy atom. The molecular formula is C15H13ClN2O2S. The molecule has 0 aliphatic heterocycles. The summed E-state index contributed by atoms with van der Waals surface area (Å²) < 4.78 is 0. The van der Waals surface area contributed by atoms with Gasteiger partial charge in [0.15, 0.2) is 0 Å². The molecule has 0 unspecified atom stereocenters. The van der Waals surface area contributed by atoms with Gasteiger partial charge in [0.1, 0.15) is 10.7 Å². The van der Waals surface area contributed by atoms with Crippen LogP contribution in [0.15, 0.2) is 23.7 Å². The van der Waals surface area contributed by atoms with E-state index in [1.807, 2.05) is 12.3 Å². The first-order valence-corrected chi connectivity index (χ1v) is 7.48. The van der Waals surface area contributed by atoms with Crippen molar-refractivity contribution >= 4 is 34.7 Å². The van der Waals surface area contributed by atoms with E-state index in [1.54, 1.807) is 18.3 Å². The van der Waals surface area contributed by atoms with Gasteiger partial charge in [0.2, 0.25) is 0 Å². The van der Waals surface area contributed by atoms with E-state index in [4.69, 9.17) is 16.7 Å². The van der Waals surface area contributed by atoms with Gasteiger partial charge < -0.3 is 10.4 Å². The molecule has 0 radical (unpaired) electrons. The molecule has 1 amide bonds. The highest BCUT2D eigenvalue weighted by molar-refractivity contribution is 7.13. The van der Waals surface area contributed by atoms with Gasteiger partial charge in [0.25, 0.3) is 5.91 Å². The molecule has 0 spiro atoms. The average molecular weight is 321 g/mol. The molecule has 0 saturated heterocycles.